The molecule has 0 spiro atoms. The molecule has 1 fully saturated rings. The molecule has 3 rings (SSSR count). The lowest BCUT2D eigenvalue weighted by molar-refractivity contribution is 0.260. The van der Waals surface area contributed by atoms with E-state index in [2.05, 4.69) is 28.9 Å². The van der Waals surface area contributed by atoms with Crippen LogP contribution in [0.1, 0.15) is 30.9 Å². The first-order valence-electron chi connectivity index (χ1n) is 7.03. The lowest BCUT2D eigenvalue weighted by Gasteiger charge is -2.21. The number of fused-ring (bicyclic) bond motifs is 1. The van der Waals surface area contributed by atoms with Gasteiger partial charge in [0.05, 0.1) is 5.52 Å². The SMILES string of the molecule is Cc1c(N)ccc2cc(CN3CCCC3C)cnc12. The second kappa shape index (κ2) is 4.82. The van der Waals surface area contributed by atoms with Crippen LogP contribution in [-0.4, -0.2) is 22.5 Å². The summed E-state index contributed by atoms with van der Waals surface area (Å²) in [6.07, 6.45) is 4.63. The first-order valence-corrected chi connectivity index (χ1v) is 7.03. The van der Waals surface area contributed by atoms with Gasteiger partial charge < -0.3 is 5.73 Å². The zero-order valence-electron chi connectivity index (χ0n) is 11.7. The number of nitrogens with zero attached hydrogens (tertiary/aromatic N) is 2. The third-order valence-corrected chi connectivity index (χ3v) is 4.28. The smallest absolute Gasteiger partial charge is 0.0751 e. The molecule has 1 saturated heterocycles. The van der Waals surface area contributed by atoms with Crippen molar-refractivity contribution in [1.82, 2.24) is 9.88 Å². The molecule has 1 aromatic carbocycles. The molecule has 0 bridgehead atoms. The van der Waals surface area contributed by atoms with Crippen molar-refractivity contribution in [1.29, 1.82) is 0 Å². The quantitative estimate of drug-likeness (QED) is 0.838. The highest BCUT2D eigenvalue weighted by atomic mass is 15.2. The van der Waals surface area contributed by atoms with Crippen molar-refractivity contribution >= 4 is 16.6 Å². The Bertz CT molecular complexity index is 606. The molecule has 100 valence electrons. The van der Waals surface area contributed by atoms with Gasteiger partial charge in [-0.1, -0.05) is 6.07 Å². The van der Waals surface area contributed by atoms with E-state index in [0.29, 0.717) is 6.04 Å². The number of hydrogen-bond acceptors (Lipinski definition) is 3. The molecule has 2 N–H and O–H groups in total. The average Bonchev–Trinajstić information content (AvgIpc) is 2.80. The number of nitrogen functional groups attached to an aromatic ring is 1. The largest absolute Gasteiger partial charge is 0.398 e. The van der Waals surface area contributed by atoms with Crippen molar-refractivity contribution in [2.75, 3.05) is 12.3 Å². The van der Waals surface area contributed by atoms with Crippen LogP contribution in [0.5, 0.6) is 0 Å². The van der Waals surface area contributed by atoms with Gasteiger partial charge in [0.2, 0.25) is 0 Å². The van der Waals surface area contributed by atoms with Gasteiger partial charge in [0.15, 0.2) is 0 Å². The van der Waals surface area contributed by atoms with E-state index >= 15 is 0 Å². The van der Waals surface area contributed by atoms with Crippen LogP contribution in [0.15, 0.2) is 24.4 Å². The number of nitrogens with two attached hydrogens (primary N) is 1. The number of hydrogen-bond donors (Lipinski definition) is 1. The van der Waals surface area contributed by atoms with Crippen molar-refractivity contribution < 1.29 is 0 Å². The molecule has 1 aromatic heterocycles. The van der Waals surface area contributed by atoms with E-state index in [1.807, 2.05) is 19.2 Å². The zero-order valence-corrected chi connectivity index (χ0v) is 11.7. The van der Waals surface area contributed by atoms with Crippen LogP contribution in [0.25, 0.3) is 10.9 Å². The van der Waals surface area contributed by atoms with Gasteiger partial charge in [-0.15, -0.1) is 0 Å². The minimum absolute atomic E-state index is 0.698. The number of rotatable bonds is 2. The summed E-state index contributed by atoms with van der Waals surface area (Å²) in [6.45, 7) is 6.56. The molecule has 3 heteroatoms. The maximum Gasteiger partial charge on any atom is 0.0751 e. The van der Waals surface area contributed by atoms with Crippen LogP contribution < -0.4 is 5.73 Å². The van der Waals surface area contributed by atoms with Gasteiger partial charge in [0, 0.05) is 29.9 Å². The molecule has 1 aliphatic rings. The Labute approximate surface area is 114 Å². The maximum atomic E-state index is 5.93. The summed E-state index contributed by atoms with van der Waals surface area (Å²) in [5.74, 6) is 0. The second-order valence-corrected chi connectivity index (χ2v) is 5.66. The average molecular weight is 255 g/mol. The molecule has 1 atom stereocenters. The van der Waals surface area contributed by atoms with Crippen LogP contribution in [-0.2, 0) is 6.54 Å². The predicted molar refractivity (Wildman–Crippen MR) is 80.0 cm³/mol. The number of likely N-dealkylation sites (tertiary alicyclic amines) is 1. The number of benzene rings is 1. The fourth-order valence-corrected chi connectivity index (χ4v) is 2.96. The van der Waals surface area contributed by atoms with Crippen LogP contribution in [0.2, 0.25) is 0 Å². The number of pyridine rings is 1. The van der Waals surface area contributed by atoms with Crippen LogP contribution >= 0.6 is 0 Å². The third kappa shape index (κ3) is 2.30. The molecular weight excluding hydrogens is 234 g/mol. The molecule has 19 heavy (non-hydrogen) atoms. The van der Waals surface area contributed by atoms with Crippen molar-refractivity contribution in [3.63, 3.8) is 0 Å². The fraction of sp³-hybridized carbons (Fsp3) is 0.438. The number of aromatic nitrogens is 1. The minimum atomic E-state index is 0.698. The molecule has 0 saturated carbocycles. The molecule has 1 aliphatic heterocycles. The van der Waals surface area contributed by atoms with Crippen molar-refractivity contribution in [3.8, 4) is 0 Å². The Balaban J connectivity index is 1.92. The zero-order chi connectivity index (χ0) is 13.4. The fourth-order valence-electron chi connectivity index (χ4n) is 2.96. The summed E-state index contributed by atoms with van der Waals surface area (Å²) in [4.78, 5) is 7.14. The molecule has 0 aliphatic carbocycles. The van der Waals surface area contributed by atoms with Gasteiger partial charge >= 0.3 is 0 Å². The van der Waals surface area contributed by atoms with Gasteiger partial charge in [-0.2, -0.15) is 0 Å². The molecule has 3 nitrogen and oxygen atoms in total. The lowest BCUT2D eigenvalue weighted by atomic mass is 10.1. The van der Waals surface area contributed by atoms with E-state index in [9.17, 15) is 0 Å². The summed E-state index contributed by atoms with van der Waals surface area (Å²) in [7, 11) is 0. The Hall–Kier alpha value is -1.61. The molecule has 1 unspecified atom stereocenters. The number of anilines is 1. The predicted octanol–water partition coefficient (Wildman–Crippen LogP) is 3.11. The third-order valence-electron chi connectivity index (χ3n) is 4.28. The van der Waals surface area contributed by atoms with Crippen LogP contribution in [0.3, 0.4) is 0 Å². The maximum absolute atomic E-state index is 5.93. The summed E-state index contributed by atoms with van der Waals surface area (Å²) < 4.78 is 0. The monoisotopic (exact) mass is 255 g/mol. The van der Waals surface area contributed by atoms with Crippen molar-refractivity contribution in [2.24, 2.45) is 0 Å². The van der Waals surface area contributed by atoms with Gasteiger partial charge in [-0.25, -0.2) is 0 Å². The highest BCUT2D eigenvalue weighted by molar-refractivity contribution is 5.86. The topological polar surface area (TPSA) is 42.1 Å². The van der Waals surface area contributed by atoms with Gasteiger partial charge in [-0.3, -0.25) is 9.88 Å². The van der Waals surface area contributed by atoms with E-state index in [-0.39, 0.29) is 0 Å². The lowest BCUT2D eigenvalue weighted by Crippen LogP contribution is -2.26. The van der Waals surface area contributed by atoms with Gasteiger partial charge in [-0.05, 0) is 56.5 Å². The van der Waals surface area contributed by atoms with E-state index < -0.39 is 0 Å². The van der Waals surface area contributed by atoms with Crippen molar-refractivity contribution in [2.45, 2.75) is 39.3 Å². The van der Waals surface area contributed by atoms with Gasteiger partial charge in [0.25, 0.3) is 0 Å². The van der Waals surface area contributed by atoms with Gasteiger partial charge in [0.1, 0.15) is 0 Å². The number of aryl methyl sites for hydroxylation is 1. The normalized spacial score (nSPS) is 20.2. The van der Waals surface area contributed by atoms with E-state index in [1.54, 1.807) is 0 Å². The van der Waals surface area contributed by atoms with E-state index in [4.69, 9.17) is 5.73 Å². The minimum Gasteiger partial charge on any atom is -0.398 e. The molecule has 0 radical (unpaired) electrons. The Morgan fingerprint density at radius 1 is 1.42 bits per heavy atom. The Morgan fingerprint density at radius 2 is 2.26 bits per heavy atom. The van der Waals surface area contributed by atoms with E-state index in [0.717, 1.165) is 23.3 Å². The highest BCUT2D eigenvalue weighted by Gasteiger charge is 2.20. The highest BCUT2D eigenvalue weighted by Crippen LogP contribution is 2.24. The van der Waals surface area contributed by atoms with Crippen LogP contribution in [0, 0.1) is 6.92 Å². The summed E-state index contributed by atoms with van der Waals surface area (Å²) in [5.41, 5.74) is 10.2. The summed E-state index contributed by atoms with van der Waals surface area (Å²) in [5, 5.41) is 1.19. The first kappa shape index (κ1) is 12.4. The molecule has 0 amide bonds. The first-order chi connectivity index (χ1) is 9.15. The molecular formula is C16H21N3. The Kier molecular flexibility index (Phi) is 3.15. The molecule has 2 aromatic rings. The summed E-state index contributed by atoms with van der Waals surface area (Å²) >= 11 is 0. The molecule has 2 heterocycles. The summed E-state index contributed by atoms with van der Waals surface area (Å²) in [6, 6.07) is 6.99. The van der Waals surface area contributed by atoms with E-state index in [1.165, 1.54) is 30.3 Å². The van der Waals surface area contributed by atoms with Crippen LogP contribution in [0.4, 0.5) is 5.69 Å². The Morgan fingerprint density at radius 3 is 3.00 bits per heavy atom. The van der Waals surface area contributed by atoms with Crippen molar-refractivity contribution in [3.05, 3.63) is 35.5 Å². The standard InChI is InChI=1S/C16H21N3/c1-11-4-3-7-19(11)10-13-8-14-5-6-15(17)12(2)16(14)18-9-13/h5-6,8-9,11H,3-4,7,10,17H2,1-2H3. The second-order valence-electron chi connectivity index (χ2n) is 5.66.